The first-order valence-electron chi connectivity index (χ1n) is 6.97. The minimum atomic E-state index is -0.909. The fourth-order valence-corrected chi connectivity index (χ4v) is 3.60. The quantitative estimate of drug-likeness (QED) is 0.397. The van der Waals surface area contributed by atoms with Gasteiger partial charge in [0.25, 0.3) is 0 Å². The molecule has 0 saturated heterocycles. The van der Waals surface area contributed by atoms with Gasteiger partial charge in [0, 0.05) is 7.11 Å². The van der Waals surface area contributed by atoms with Crippen molar-refractivity contribution in [2.45, 2.75) is 0 Å². The molecular formula is C16H16N2O5S2. The van der Waals surface area contributed by atoms with Gasteiger partial charge in [0.2, 0.25) is 0 Å². The van der Waals surface area contributed by atoms with Gasteiger partial charge in [0.1, 0.15) is 11.4 Å². The van der Waals surface area contributed by atoms with Gasteiger partial charge in [-0.3, -0.25) is 0 Å². The second kappa shape index (κ2) is 8.47. The number of aromatic amines is 2. The van der Waals surface area contributed by atoms with Crippen LogP contribution in [0.2, 0.25) is 0 Å². The van der Waals surface area contributed by atoms with Gasteiger partial charge >= 0.3 is 11.9 Å². The molecule has 0 aliphatic carbocycles. The van der Waals surface area contributed by atoms with Gasteiger partial charge in [0.15, 0.2) is 0 Å². The average Bonchev–Trinajstić information content (AvgIpc) is 3.34. The number of fused-ring (bicyclic) bond motifs is 2. The van der Waals surface area contributed by atoms with Crippen molar-refractivity contribution in [3.63, 3.8) is 0 Å². The summed E-state index contributed by atoms with van der Waals surface area (Å²) in [5, 5.41) is 19.5. The Morgan fingerprint density at radius 3 is 1.88 bits per heavy atom. The molecule has 0 fully saturated rings. The number of hydrogen-bond acceptors (Lipinski definition) is 6. The highest BCUT2D eigenvalue weighted by Crippen LogP contribution is 2.22. The van der Waals surface area contributed by atoms with E-state index >= 15 is 0 Å². The fourth-order valence-electron chi connectivity index (χ4n) is 2.03. The van der Waals surface area contributed by atoms with E-state index in [-0.39, 0.29) is 11.7 Å². The molecule has 0 aliphatic rings. The molecule has 0 unspecified atom stereocenters. The van der Waals surface area contributed by atoms with Gasteiger partial charge in [-0.2, -0.15) is 0 Å². The Balaban J connectivity index is 0.000000165. The summed E-state index contributed by atoms with van der Waals surface area (Å²) >= 11 is 3.13. The topological polar surface area (TPSA) is 115 Å². The lowest BCUT2D eigenvalue weighted by atomic mass is 10.4. The third-order valence-corrected chi connectivity index (χ3v) is 4.84. The van der Waals surface area contributed by atoms with Crippen molar-refractivity contribution in [1.29, 1.82) is 0 Å². The van der Waals surface area contributed by atoms with Crippen LogP contribution in [0.3, 0.4) is 0 Å². The Labute approximate surface area is 150 Å². The van der Waals surface area contributed by atoms with Crippen LogP contribution in [0.1, 0.15) is 21.0 Å². The van der Waals surface area contributed by atoms with E-state index in [1.54, 1.807) is 23.5 Å². The largest absolute Gasteiger partial charge is 0.477 e. The molecule has 0 aromatic carbocycles. The van der Waals surface area contributed by atoms with Gasteiger partial charge in [-0.1, -0.05) is 0 Å². The van der Waals surface area contributed by atoms with Crippen LogP contribution in [0.25, 0.3) is 20.4 Å². The number of carbonyl (C=O) groups is 2. The first kappa shape index (κ1) is 18.7. The van der Waals surface area contributed by atoms with Crippen molar-refractivity contribution < 1.29 is 24.5 Å². The van der Waals surface area contributed by atoms with E-state index in [0.29, 0.717) is 5.69 Å². The first-order chi connectivity index (χ1) is 12.1. The molecule has 4 rings (SSSR count). The fraction of sp³-hybridized carbons (Fsp3) is 0.125. The number of nitrogens with one attached hydrogen (secondary N) is 2. The minimum Gasteiger partial charge on any atom is -0.477 e. The highest BCUT2D eigenvalue weighted by atomic mass is 32.1. The Morgan fingerprint density at radius 1 is 0.960 bits per heavy atom. The van der Waals surface area contributed by atoms with Crippen LogP contribution in [0, 0.1) is 0 Å². The standard InChI is InChI=1S/C8H7NO2S.C7H5NO2S.CH4O/c1-11-8(10)6-4-7-5(9-6)2-3-12-7;9-7(10)5-3-6-4(8-5)1-2-11-6;1-2/h2-4,9H,1H3;1-3,8H,(H,9,10);2H,1H3. The smallest absolute Gasteiger partial charge is 0.354 e. The van der Waals surface area contributed by atoms with E-state index in [0.717, 1.165) is 27.5 Å². The van der Waals surface area contributed by atoms with E-state index in [4.69, 9.17) is 10.2 Å². The molecule has 4 aromatic rings. The van der Waals surface area contributed by atoms with Crippen molar-refractivity contribution >= 4 is 55.0 Å². The average molecular weight is 380 g/mol. The summed E-state index contributed by atoms with van der Waals surface area (Å²) in [6, 6.07) is 7.24. The van der Waals surface area contributed by atoms with E-state index in [1.165, 1.54) is 18.4 Å². The van der Waals surface area contributed by atoms with Crippen LogP contribution in [0.15, 0.2) is 35.0 Å². The molecule has 0 atom stereocenters. The number of aromatic carboxylic acids is 1. The lowest BCUT2D eigenvalue weighted by molar-refractivity contribution is 0.0594. The molecule has 0 bridgehead atoms. The maximum absolute atomic E-state index is 11.0. The van der Waals surface area contributed by atoms with Gasteiger partial charge < -0.3 is 24.9 Å². The van der Waals surface area contributed by atoms with E-state index in [9.17, 15) is 9.59 Å². The minimum absolute atomic E-state index is 0.256. The van der Waals surface area contributed by atoms with Crippen LogP contribution >= 0.6 is 22.7 Å². The number of aliphatic hydroxyl groups is 1. The molecule has 7 nitrogen and oxygen atoms in total. The van der Waals surface area contributed by atoms with Crippen LogP contribution in [-0.4, -0.2) is 46.3 Å². The second-order valence-electron chi connectivity index (χ2n) is 4.56. The molecule has 4 aromatic heterocycles. The summed E-state index contributed by atoms with van der Waals surface area (Å²) < 4.78 is 6.64. The molecule has 25 heavy (non-hydrogen) atoms. The molecule has 0 aliphatic heterocycles. The third kappa shape index (κ3) is 4.27. The van der Waals surface area contributed by atoms with Crippen molar-refractivity contribution in [3.8, 4) is 0 Å². The van der Waals surface area contributed by atoms with Gasteiger partial charge in [-0.05, 0) is 35.0 Å². The molecule has 4 heterocycles. The van der Waals surface area contributed by atoms with Gasteiger partial charge in [0.05, 0.1) is 27.5 Å². The third-order valence-electron chi connectivity index (χ3n) is 3.12. The molecule has 9 heteroatoms. The molecular weight excluding hydrogens is 364 g/mol. The number of carbonyl (C=O) groups excluding carboxylic acids is 1. The zero-order valence-corrected chi connectivity index (χ0v) is 15.0. The number of hydrogen-bond donors (Lipinski definition) is 4. The summed E-state index contributed by atoms with van der Waals surface area (Å²) in [6.07, 6.45) is 0. The summed E-state index contributed by atoms with van der Waals surface area (Å²) in [5.74, 6) is -1.23. The maximum Gasteiger partial charge on any atom is 0.354 e. The summed E-state index contributed by atoms with van der Waals surface area (Å²) in [6.45, 7) is 0. The molecule has 0 spiro atoms. The van der Waals surface area contributed by atoms with Crippen molar-refractivity contribution in [3.05, 3.63) is 46.4 Å². The SMILES string of the molecule is CO.COC(=O)c1cc2sccc2[nH]1.O=C(O)c1cc2sccc2[nH]1. The predicted octanol–water partition coefficient (Wildman–Crippen LogP) is 3.55. The normalized spacial score (nSPS) is 9.88. The van der Waals surface area contributed by atoms with Gasteiger partial charge in [-0.15, -0.1) is 22.7 Å². The molecule has 0 amide bonds. The lowest BCUT2D eigenvalue weighted by Crippen LogP contribution is -2.00. The maximum atomic E-state index is 11.0. The summed E-state index contributed by atoms with van der Waals surface area (Å²) in [7, 11) is 2.37. The molecule has 0 saturated carbocycles. The van der Waals surface area contributed by atoms with Crippen LogP contribution < -0.4 is 0 Å². The van der Waals surface area contributed by atoms with Crippen LogP contribution in [0.4, 0.5) is 0 Å². The highest BCUT2D eigenvalue weighted by Gasteiger charge is 2.09. The van der Waals surface area contributed by atoms with Crippen molar-refractivity contribution in [2.75, 3.05) is 14.2 Å². The number of H-pyrrole nitrogens is 2. The summed E-state index contributed by atoms with van der Waals surface area (Å²) in [4.78, 5) is 27.2. The van der Waals surface area contributed by atoms with E-state index < -0.39 is 5.97 Å². The number of carboxylic acids is 1. The lowest BCUT2D eigenvalue weighted by Gasteiger charge is -1.91. The predicted molar refractivity (Wildman–Crippen MR) is 98.8 cm³/mol. The zero-order chi connectivity index (χ0) is 18.4. The summed E-state index contributed by atoms with van der Waals surface area (Å²) in [5.41, 5.74) is 2.65. The molecule has 0 radical (unpaired) electrons. The number of aromatic nitrogens is 2. The Kier molecular flexibility index (Phi) is 6.34. The Bertz CT molecular complexity index is 922. The number of aliphatic hydroxyl groups excluding tert-OH is 1. The second-order valence-corrected chi connectivity index (χ2v) is 6.46. The van der Waals surface area contributed by atoms with Crippen molar-refractivity contribution in [1.82, 2.24) is 9.97 Å². The van der Waals surface area contributed by atoms with Crippen molar-refractivity contribution in [2.24, 2.45) is 0 Å². The van der Waals surface area contributed by atoms with Crippen LogP contribution in [0.5, 0.6) is 0 Å². The Hall–Kier alpha value is -2.62. The van der Waals surface area contributed by atoms with E-state index in [1.807, 2.05) is 22.9 Å². The highest BCUT2D eigenvalue weighted by molar-refractivity contribution is 7.17. The molecule has 4 N–H and O–H groups in total. The van der Waals surface area contributed by atoms with Gasteiger partial charge in [-0.25, -0.2) is 9.59 Å². The zero-order valence-electron chi connectivity index (χ0n) is 13.4. The Morgan fingerprint density at radius 2 is 1.44 bits per heavy atom. The monoisotopic (exact) mass is 380 g/mol. The number of methoxy groups -OCH3 is 1. The number of rotatable bonds is 2. The molecule has 132 valence electrons. The number of ether oxygens (including phenoxy) is 1. The number of carboxylic acid groups (broad SMARTS) is 1. The van der Waals surface area contributed by atoms with E-state index in [2.05, 4.69) is 14.7 Å². The first-order valence-corrected chi connectivity index (χ1v) is 8.73. The number of thiophene rings is 2. The number of esters is 1. The van der Waals surface area contributed by atoms with Crippen LogP contribution in [-0.2, 0) is 4.74 Å².